The molecule has 2 aromatic rings. The van der Waals surface area contributed by atoms with E-state index in [-0.39, 0.29) is 35.6 Å². The van der Waals surface area contributed by atoms with E-state index in [0.717, 1.165) is 30.5 Å². The van der Waals surface area contributed by atoms with E-state index in [2.05, 4.69) is 10.6 Å². The fourth-order valence-corrected chi connectivity index (χ4v) is 3.85. The Labute approximate surface area is 163 Å². The van der Waals surface area contributed by atoms with Gasteiger partial charge >= 0.3 is 6.03 Å². The van der Waals surface area contributed by atoms with Gasteiger partial charge in [-0.1, -0.05) is 30.3 Å². The minimum Gasteiger partial charge on any atom is -0.335 e. The zero-order chi connectivity index (χ0) is 19.5. The van der Waals surface area contributed by atoms with E-state index in [0.29, 0.717) is 13.1 Å². The number of para-hydroxylation sites is 1. The number of nitrogens with one attached hydrogen (secondary N) is 2. The summed E-state index contributed by atoms with van der Waals surface area (Å²) >= 11 is 0. The van der Waals surface area contributed by atoms with Crippen LogP contribution in [0.15, 0.2) is 54.6 Å². The molecule has 1 aliphatic carbocycles. The summed E-state index contributed by atoms with van der Waals surface area (Å²) in [6.07, 6.45) is 2.40. The molecule has 4 rings (SSSR count). The molecule has 0 radical (unpaired) electrons. The van der Waals surface area contributed by atoms with Gasteiger partial charge in [0.25, 0.3) is 0 Å². The second kappa shape index (κ2) is 8.00. The second-order valence-corrected chi connectivity index (χ2v) is 7.59. The van der Waals surface area contributed by atoms with Gasteiger partial charge in [0, 0.05) is 30.7 Å². The first kappa shape index (κ1) is 18.5. The average molecular weight is 381 g/mol. The molecule has 2 N–H and O–H groups in total. The lowest BCUT2D eigenvalue weighted by atomic mass is 9.97. The molecule has 5 nitrogen and oxygen atoms in total. The van der Waals surface area contributed by atoms with Gasteiger partial charge in [-0.05, 0) is 49.1 Å². The number of anilines is 1. The maximum absolute atomic E-state index is 13.4. The minimum absolute atomic E-state index is 0.0350. The first-order chi connectivity index (χ1) is 13.6. The van der Waals surface area contributed by atoms with Crippen LogP contribution in [0.4, 0.5) is 14.9 Å². The topological polar surface area (TPSA) is 61.4 Å². The highest BCUT2D eigenvalue weighted by atomic mass is 19.1. The van der Waals surface area contributed by atoms with E-state index in [4.69, 9.17) is 0 Å². The normalized spacial score (nSPS) is 23.8. The zero-order valence-electron chi connectivity index (χ0n) is 15.6. The maximum atomic E-state index is 13.4. The lowest BCUT2D eigenvalue weighted by Gasteiger charge is -2.32. The number of hydrogen-bond acceptors (Lipinski definition) is 2. The molecule has 1 saturated heterocycles. The molecule has 2 fully saturated rings. The molecule has 1 heterocycles. The zero-order valence-corrected chi connectivity index (χ0v) is 15.6. The first-order valence-corrected chi connectivity index (χ1v) is 9.77. The molecule has 0 bridgehead atoms. The molecule has 1 saturated carbocycles. The highest BCUT2D eigenvalue weighted by Crippen LogP contribution is 2.41. The summed E-state index contributed by atoms with van der Waals surface area (Å²) in [5.74, 6) is -0.343. The monoisotopic (exact) mass is 381 g/mol. The summed E-state index contributed by atoms with van der Waals surface area (Å²) in [4.78, 5) is 26.9. The number of urea groups is 1. The van der Waals surface area contributed by atoms with Crippen LogP contribution in [0.2, 0.25) is 0 Å². The third-order valence-electron chi connectivity index (χ3n) is 5.50. The van der Waals surface area contributed by atoms with Crippen LogP contribution in [-0.2, 0) is 4.79 Å². The van der Waals surface area contributed by atoms with Gasteiger partial charge in [0.2, 0.25) is 5.91 Å². The number of nitrogens with zero attached hydrogens (tertiary/aromatic N) is 1. The Hall–Kier alpha value is -2.89. The van der Waals surface area contributed by atoms with Gasteiger partial charge in [0.05, 0.1) is 5.92 Å². The van der Waals surface area contributed by atoms with Gasteiger partial charge in [-0.15, -0.1) is 0 Å². The van der Waals surface area contributed by atoms with Crippen molar-refractivity contribution in [2.45, 2.75) is 31.2 Å². The lowest BCUT2D eigenvalue weighted by molar-refractivity contribution is -0.121. The Morgan fingerprint density at radius 2 is 1.89 bits per heavy atom. The van der Waals surface area contributed by atoms with E-state index >= 15 is 0 Å². The van der Waals surface area contributed by atoms with Gasteiger partial charge in [0.15, 0.2) is 0 Å². The molecule has 6 heteroatoms. The predicted octanol–water partition coefficient (Wildman–Crippen LogP) is 3.74. The number of likely N-dealkylation sites (tertiary alicyclic amines) is 1. The Balaban J connectivity index is 1.30. The molecule has 0 aromatic heterocycles. The van der Waals surface area contributed by atoms with Crippen LogP contribution in [0.1, 0.15) is 30.7 Å². The van der Waals surface area contributed by atoms with Crippen molar-refractivity contribution in [3.8, 4) is 0 Å². The van der Waals surface area contributed by atoms with Crippen LogP contribution in [0.25, 0.3) is 0 Å². The second-order valence-electron chi connectivity index (χ2n) is 7.59. The van der Waals surface area contributed by atoms with Crippen molar-refractivity contribution in [2.24, 2.45) is 5.92 Å². The van der Waals surface area contributed by atoms with E-state index in [1.807, 2.05) is 36.4 Å². The molecule has 2 aromatic carbocycles. The van der Waals surface area contributed by atoms with Crippen molar-refractivity contribution < 1.29 is 14.0 Å². The van der Waals surface area contributed by atoms with Gasteiger partial charge in [-0.3, -0.25) is 4.79 Å². The van der Waals surface area contributed by atoms with Gasteiger partial charge in [0.1, 0.15) is 5.82 Å². The molecule has 146 valence electrons. The predicted molar refractivity (Wildman–Crippen MR) is 105 cm³/mol. The number of carbonyl (C=O) groups excluding carboxylic acids is 2. The molecule has 2 aliphatic rings. The summed E-state index contributed by atoms with van der Waals surface area (Å²) < 4.78 is 13.4. The maximum Gasteiger partial charge on any atom is 0.317 e. The minimum atomic E-state index is -0.252. The Morgan fingerprint density at radius 3 is 2.68 bits per heavy atom. The van der Waals surface area contributed by atoms with Crippen molar-refractivity contribution in [1.29, 1.82) is 0 Å². The number of benzene rings is 2. The molecule has 3 atom stereocenters. The number of rotatable bonds is 4. The number of piperidine rings is 1. The first-order valence-electron chi connectivity index (χ1n) is 9.77. The lowest BCUT2D eigenvalue weighted by Crippen LogP contribution is -2.48. The summed E-state index contributed by atoms with van der Waals surface area (Å²) in [5, 5.41) is 5.96. The van der Waals surface area contributed by atoms with Crippen LogP contribution in [-0.4, -0.2) is 36.0 Å². The van der Waals surface area contributed by atoms with Crippen molar-refractivity contribution in [3.63, 3.8) is 0 Å². The quantitative estimate of drug-likeness (QED) is 0.848. The third-order valence-corrected chi connectivity index (χ3v) is 5.50. The molecule has 3 amide bonds. The van der Waals surface area contributed by atoms with E-state index in [1.165, 1.54) is 12.1 Å². The Bertz CT molecular complexity index is 858. The van der Waals surface area contributed by atoms with E-state index in [1.54, 1.807) is 11.0 Å². The fraction of sp³-hybridized carbons (Fsp3) is 0.364. The third kappa shape index (κ3) is 4.32. The van der Waals surface area contributed by atoms with Crippen molar-refractivity contribution >= 4 is 17.6 Å². The summed E-state index contributed by atoms with van der Waals surface area (Å²) in [5.41, 5.74) is 1.69. The molecular formula is C22H24FN3O2. The fourth-order valence-electron chi connectivity index (χ4n) is 3.85. The number of amides is 3. The SMILES string of the molecule is O=C(Nc1ccccc1)C1CCCN(C(=O)NC2CC2c2cccc(F)c2)C1. The van der Waals surface area contributed by atoms with Crippen LogP contribution < -0.4 is 10.6 Å². The molecule has 0 spiro atoms. The van der Waals surface area contributed by atoms with Gasteiger partial charge < -0.3 is 15.5 Å². The summed E-state index contributed by atoms with van der Waals surface area (Å²) in [6, 6.07) is 15.8. The number of halogens is 1. The summed E-state index contributed by atoms with van der Waals surface area (Å²) in [7, 11) is 0. The van der Waals surface area contributed by atoms with E-state index in [9.17, 15) is 14.0 Å². The van der Waals surface area contributed by atoms with Crippen molar-refractivity contribution in [3.05, 3.63) is 66.0 Å². The van der Waals surface area contributed by atoms with Gasteiger partial charge in [-0.25, -0.2) is 9.18 Å². The van der Waals surface area contributed by atoms with Crippen LogP contribution >= 0.6 is 0 Å². The summed E-state index contributed by atoms with van der Waals surface area (Å²) in [6.45, 7) is 1.07. The van der Waals surface area contributed by atoms with Crippen LogP contribution in [0, 0.1) is 11.7 Å². The Morgan fingerprint density at radius 1 is 1.07 bits per heavy atom. The number of carbonyl (C=O) groups is 2. The smallest absolute Gasteiger partial charge is 0.317 e. The van der Waals surface area contributed by atoms with Crippen LogP contribution in [0.3, 0.4) is 0 Å². The molecular weight excluding hydrogens is 357 g/mol. The molecule has 3 unspecified atom stereocenters. The van der Waals surface area contributed by atoms with E-state index < -0.39 is 0 Å². The largest absolute Gasteiger partial charge is 0.335 e. The van der Waals surface area contributed by atoms with Crippen molar-refractivity contribution in [2.75, 3.05) is 18.4 Å². The standard InChI is InChI=1S/C22H24FN3O2/c23-17-8-4-6-15(12-17)19-13-20(19)25-22(28)26-11-5-7-16(14-26)21(27)24-18-9-2-1-3-10-18/h1-4,6,8-10,12,16,19-20H,5,7,11,13-14H2,(H,24,27)(H,25,28). The average Bonchev–Trinajstić information content (AvgIpc) is 3.48. The number of hydrogen-bond donors (Lipinski definition) is 2. The highest BCUT2D eigenvalue weighted by Gasteiger charge is 2.41. The molecule has 28 heavy (non-hydrogen) atoms. The van der Waals surface area contributed by atoms with Crippen molar-refractivity contribution in [1.82, 2.24) is 10.2 Å². The highest BCUT2D eigenvalue weighted by molar-refractivity contribution is 5.93. The van der Waals surface area contributed by atoms with Crippen LogP contribution in [0.5, 0.6) is 0 Å². The van der Waals surface area contributed by atoms with Gasteiger partial charge in [-0.2, -0.15) is 0 Å². The Kier molecular flexibility index (Phi) is 5.28. The molecule has 1 aliphatic heterocycles.